The molecule has 0 aliphatic heterocycles. The Hall–Kier alpha value is -4.22. The number of fused-ring (bicyclic) bond motifs is 1. The van der Waals surface area contributed by atoms with Gasteiger partial charge in [-0.2, -0.15) is 5.10 Å². The Labute approximate surface area is 208 Å². The number of nitrogens with one attached hydrogen (secondary N) is 1. The average molecular weight is 479 g/mol. The van der Waals surface area contributed by atoms with E-state index in [0.717, 1.165) is 44.8 Å². The van der Waals surface area contributed by atoms with Crippen molar-refractivity contribution < 1.29 is 4.79 Å². The quantitative estimate of drug-likeness (QED) is 0.225. The molecule has 3 aromatic carbocycles. The minimum absolute atomic E-state index is 0.294. The Morgan fingerprint density at radius 2 is 1.66 bits per heavy atom. The van der Waals surface area contributed by atoms with Crippen LogP contribution in [-0.2, 0) is 0 Å². The van der Waals surface area contributed by atoms with Gasteiger partial charge in [0.15, 0.2) is 0 Å². The van der Waals surface area contributed by atoms with E-state index in [0.29, 0.717) is 10.6 Å². The molecule has 0 radical (unpaired) electrons. The summed E-state index contributed by atoms with van der Waals surface area (Å²) in [5.74, 6) is -0.294. The number of halogens is 1. The molecule has 6 heteroatoms. The van der Waals surface area contributed by atoms with E-state index in [1.807, 2.05) is 105 Å². The van der Waals surface area contributed by atoms with Gasteiger partial charge in [0.05, 0.1) is 33.7 Å². The fraction of sp³-hybridized carbons (Fsp3) is 0.0690. The van der Waals surface area contributed by atoms with E-state index in [1.54, 1.807) is 6.21 Å². The Morgan fingerprint density at radius 3 is 2.46 bits per heavy atom. The molecule has 0 saturated heterocycles. The molecule has 0 saturated carbocycles. The molecular formula is C29H23ClN4O. The predicted octanol–water partition coefficient (Wildman–Crippen LogP) is 6.73. The smallest absolute Gasteiger partial charge is 0.272 e. The second-order valence-corrected chi connectivity index (χ2v) is 8.66. The number of para-hydroxylation sites is 2. The summed E-state index contributed by atoms with van der Waals surface area (Å²) in [7, 11) is 0. The number of hydrogen-bond acceptors (Lipinski definition) is 3. The van der Waals surface area contributed by atoms with Gasteiger partial charge in [-0.05, 0) is 44.2 Å². The fourth-order valence-electron chi connectivity index (χ4n) is 4.26. The Morgan fingerprint density at radius 1 is 0.943 bits per heavy atom. The molecule has 5 rings (SSSR count). The zero-order chi connectivity index (χ0) is 24.4. The van der Waals surface area contributed by atoms with Crippen molar-refractivity contribution in [3.05, 3.63) is 119 Å². The second kappa shape index (κ2) is 9.57. The minimum Gasteiger partial charge on any atom is -0.316 e. The molecular weight excluding hydrogens is 456 g/mol. The van der Waals surface area contributed by atoms with Crippen LogP contribution < -0.4 is 5.43 Å². The number of rotatable bonds is 5. The molecule has 0 spiro atoms. The van der Waals surface area contributed by atoms with Gasteiger partial charge in [0.2, 0.25) is 0 Å². The molecule has 35 heavy (non-hydrogen) atoms. The molecule has 1 N–H and O–H groups in total. The average Bonchev–Trinajstić information content (AvgIpc) is 3.16. The van der Waals surface area contributed by atoms with Crippen molar-refractivity contribution in [1.29, 1.82) is 0 Å². The molecule has 0 fully saturated rings. The number of carbonyl (C=O) groups is 1. The van der Waals surface area contributed by atoms with Crippen LogP contribution in [0, 0.1) is 13.8 Å². The Bertz CT molecular complexity index is 1570. The molecule has 2 aromatic heterocycles. The van der Waals surface area contributed by atoms with E-state index in [1.165, 1.54) is 0 Å². The summed E-state index contributed by atoms with van der Waals surface area (Å²) in [4.78, 5) is 17.9. The topological polar surface area (TPSA) is 59.3 Å². The molecule has 172 valence electrons. The molecule has 2 heterocycles. The van der Waals surface area contributed by atoms with Crippen LogP contribution in [0.1, 0.15) is 27.3 Å². The zero-order valence-electron chi connectivity index (χ0n) is 19.4. The minimum atomic E-state index is -0.294. The zero-order valence-corrected chi connectivity index (χ0v) is 20.1. The molecule has 0 bridgehead atoms. The van der Waals surface area contributed by atoms with Crippen molar-refractivity contribution in [2.45, 2.75) is 13.8 Å². The van der Waals surface area contributed by atoms with Crippen molar-refractivity contribution >= 4 is 34.6 Å². The Balaban J connectivity index is 1.44. The molecule has 0 aliphatic rings. The summed E-state index contributed by atoms with van der Waals surface area (Å²) in [5.41, 5.74) is 9.46. The van der Waals surface area contributed by atoms with E-state index < -0.39 is 0 Å². The maximum Gasteiger partial charge on any atom is 0.272 e. The van der Waals surface area contributed by atoms with Gasteiger partial charge < -0.3 is 4.57 Å². The number of aromatic nitrogens is 2. The summed E-state index contributed by atoms with van der Waals surface area (Å²) in [5, 5.41) is 5.71. The number of pyridine rings is 1. The number of carbonyl (C=O) groups excluding carboxylic acids is 1. The van der Waals surface area contributed by atoms with Gasteiger partial charge in [-0.1, -0.05) is 72.3 Å². The van der Waals surface area contributed by atoms with Crippen LogP contribution >= 0.6 is 11.6 Å². The Kier molecular flexibility index (Phi) is 6.17. The van der Waals surface area contributed by atoms with Gasteiger partial charge in [-0.25, -0.2) is 10.4 Å². The lowest BCUT2D eigenvalue weighted by atomic mass is 10.0. The maximum atomic E-state index is 13.2. The second-order valence-electron chi connectivity index (χ2n) is 8.25. The third-order valence-electron chi connectivity index (χ3n) is 5.96. The first kappa shape index (κ1) is 22.6. The van der Waals surface area contributed by atoms with Crippen molar-refractivity contribution in [1.82, 2.24) is 15.0 Å². The van der Waals surface area contributed by atoms with Crippen LogP contribution in [0.2, 0.25) is 5.02 Å². The first-order chi connectivity index (χ1) is 17.0. The molecule has 0 aliphatic carbocycles. The lowest BCUT2D eigenvalue weighted by Gasteiger charge is -2.11. The van der Waals surface area contributed by atoms with E-state index in [2.05, 4.69) is 15.1 Å². The van der Waals surface area contributed by atoms with Gasteiger partial charge in [0.25, 0.3) is 5.91 Å². The molecule has 5 aromatic rings. The summed E-state index contributed by atoms with van der Waals surface area (Å²) in [6, 6.07) is 29.0. The lowest BCUT2D eigenvalue weighted by Crippen LogP contribution is -2.18. The first-order valence-electron chi connectivity index (χ1n) is 11.3. The third-order valence-corrected chi connectivity index (χ3v) is 6.28. The largest absolute Gasteiger partial charge is 0.316 e. The van der Waals surface area contributed by atoms with Gasteiger partial charge in [-0.15, -0.1) is 0 Å². The van der Waals surface area contributed by atoms with Gasteiger partial charge >= 0.3 is 0 Å². The number of nitrogens with zero attached hydrogens (tertiary/aromatic N) is 3. The standard InChI is InChI=1S/C29H23ClN4O/c1-19-16-22(20(2)34(19)28-15-9-7-13-25(28)30)18-31-33-29(35)24-17-27(21-10-4-3-5-11-21)32-26-14-8-6-12-23(24)26/h3-18H,1-2H3,(H,33,35)/b31-18+. The van der Waals surface area contributed by atoms with Crippen LogP contribution in [-0.4, -0.2) is 21.7 Å². The van der Waals surface area contributed by atoms with Crippen LogP contribution in [0.15, 0.2) is 96.1 Å². The maximum absolute atomic E-state index is 13.2. The highest BCUT2D eigenvalue weighted by atomic mass is 35.5. The summed E-state index contributed by atoms with van der Waals surface area (Å²) in [6.07, 6.45) is 1.66. The first-order valence-corrected chi connectivity index (χ1v) is 11.6. The van der Waals surface area contributed by atoms with E-state index in [-0.39, 0.29) is 5.91 Å². The van der Waals surface area contributed by atoms with Crippen LogP contribution in [0.25, 0.3) is 27.8 Å². The molecule has 5 nitrogen and oxygen atoms in total. The summed E-state index contributed by atoms with van der Waals surface area (Å²) >= 11 is 6.41. The van der Waals surface area contributed by atoms with Gasteiger partial charge in [0, 0.05) is 27.9 Å². The van der Waals surface area contributed by atoms with Crippen LogP contribution in [0.5, 0.6) is 0 Å². The van der Waals surface area contributed by atoms with E-state index in [4.69, 9.17) is 16.6 Å². The van der Waals surface area contributed by atoms with E-state index in [9.17, 15) is 4.79 Å². The monoisotopic (exact) mass is 478 g/mol. The molecule has 1 amide bonds. The van der Waals surface area contributed by atoms with Crippen LogP contribution in [0.4, 0.5) is 0 Å². The third kappa shape index (κ3) is 4.46. The van der Waals surface area contributed by atoms with Crippen molar-refractivity contribution in [2.75, 3.05) is 0 Å². The van der Waals surface area contributed by atoms with Crippen LogP contribution in [0.3, 0.4) is 0 Å². The molecule has 0 atom stereocenters. The van der Waals surface area contributed by atoms with Crippen molar-refractivity contribution in [2.24, 2.45) is 5.10 Å². The fourth-order valence-corrected chi connectivity index (χ4v) is 4.48. The highest BCUT2D eigenvalue weighted by Gasteiger charge is 2.14. The van der Waals surface area contributed by atoms with Crippen molar-refractivity contribution in [3.63, 3.8) is 0 Å². The highest BCUT2D eigenvalue weighted by molar-refractivity contribution is 6.32. The number of benzene rings is 3. The van der Waals surface area contributed by atoms with Gasteiger partial charge in [-0.3, -0.25) is 4.79 Å². The van der Waals surface area contributed by atoms with E-state index >= 15 is 0 Å². The summed E-state index contributed by atoms with van der Waals surface area (Å²) in [6.45, 7) is 4.02. The van der Waals surface area contributed by atoms with Gasteiger partial charge in [0.1, 0.15) is 0 Å². The van der Waals surface area contributed by atoms with Crippen molar-refractivity contribution in [3.8, 4) is 16.9 Å². The molecule has 0 unspecified atom stereocenters. The number of amides is 1. The normalized spacial score (nSPS) is 11.3. The number of aryl methyl sites for hydroxylation is 1. The lowest BCUT2D eigenvalue weighted by molar-refractivity contribution is 0.0956. The number of hydrazone groups is 1. The predicted molar refractivity (Wildman–Crippen MR) is 142 cm³/mol. The summed E-state index contributed by atoms with van der Waals surface area (Å²) < 4.78 is 2.08. The highest BCUT2D eigenvalue weighted by Crippen LogP contribution is 2.26. The SMILES string of the molecule is Cc1cc(/C=N/NC(=O)c2cc(-c3ccccc3)nc3ccccc23)c(C)n1-c1ccccc1Cl. The number of hydrogen-bond donors (Lipinski definition) is 1.